The van der Waals surface area contributed by atoms with Crippen molar-refractivity contribution in [2.75, 3.05) is 54.1 Å². The number of quaternary nitrogens is 1. The van der Waals surface area contributed by atoms with Crippen LogP contribution in [-0.2, 0) is 27.9 Å². The molecule has 1 N–H and O–H groups in total. The third kappa shape index (κ3) is 43.8. The third-order valence-electron chi connectivity index (χ3n) is 9.92. The Morgan fingerprint density at radius 1 is 0.554 bits per heavy atom. The number of rotatable bonds is 43. The number of unbranched alkanes of at least 4 members (excludes halogenated alkanes) is 23. The molecule has 2 unspecified atom stereocenters. The second kappa shape index (κ2) is 40.5. The van der Waals surface area contributed by atoms with Gasteiger partial charge in [0, 0.05) is 13.0 Å². The lowest BCUT2D eigenvalue weighted by molar-refractivity contribution is -0.870. The first-order chi connectivity index (χ1) is 27.1. The summed E-state index contributed by atoms with van der Waals surface area (Å²) in [5.41, 5.74) is 0. The molecule has 2 atom stereocenters. The van der Waals surface area contributed by atoms with E-state index in [0.29, 0.717) is 24.1 Å². The number of hydrogen-bond donors (Lipinski definition) is 1. The maximum absolute atomic E-state index is 12.7. The molecule has 0 aromatic carbocycles. The number of likely N-dealkylation sites (N-methyl/N-ethyl adjacent to an activating group) is 1. The second-order valence-corrected chi connectivity index (χ2v) is 18.2. The number of carbonyl (C=O) groups excluding carboxylic acids is 1. The maximum Gasteiger partial charge on any atom is 0.472 e. The van der Waals surface area contributed by atoms with Crippen molar-refractivity contribution in [3.05, 3.63) is 36.5 Å². The smallest absolute Gasteiger partial charge is 0.457 e. The fourth-order valence-electron chi connectivity index (χ4n) is 6.28. The van der Waals surface area contributed by atoms with Gasteiger partial charge < -0.3 is 18.9 Å². The van der Waals surface area contributed by atoms with E-state index in [2.05, 4.69) is 50.3 Å². The van der Waals surface area contributed by atoms with E-state index in [1.165, 1.54) is 128 Å². The zero-order valence-electron chi connectivity index (χ0n) is 37.4. The highest BCUT2D eigenvalue weighted by Gasteiger charge is 2.26. The summed E-state index contributed by atoms with van der Waals surface area (Å²) in [5, 5.41) is 0. The molecule has 0 radical (unpaired) electrons. The largest absolute Gasteiger partial charge is 0.472 e. The van der Waals surface area contributed by atoms with Gasteiger partial charge in [0.15, 0.2) is 0 Å². The summed E-state index contributed by atoms with van der Waals surface area (Å²) in [5.74, 6) is -0.323. The molecule has 0 aliphatic heterocycles. The molecular weight excluding hydrogens is 721 g/mol. The first-order valence-electron chi connectivity index (χ1n) is 23.2. The average Bonchev–Trinajstić information content (AvgIpc) is 3.15. The van der Waals surface area contributed by atoms with E-state index in [1.807, 2.05) is 21.1 Å². The number of allylic oxidation sites excluding steroid dienone is 6. The van der Waals surface area contributed by atoms with Crippen LogP contribution >= 0.6 is 7.82 Å². The Balaban J connectivity index is 4.18. The minimum absolute atomic E-state index is 0.0865. The summed E-state index contributed by atoms with van der Waals surface area (Å²) < 4.78 is 35.0. The van der Waals surface area contributed by atoms with E-state index in [0.717, 1.165) is 51.4 Å². The zero-order chi connectivity index (χ0) is 41.3. The highest BCUT2D eigenvalue weighted by Crippen LogP contribution is 2.43. The van der Waals surface area contributed by atoms with Crippen molar-refractivity contribution in [3.63, 3.8) is 0 Å². The quantitative estimate of drug-likeness (QED) is 0.0215. The van der Waals surface area contributed by atoms with Gasteiger partial charge in [-0.2, -0.15) is 0 Å². The molecule has 0 bridgehead atoms. The van der Waals surface area contributed by atoms with Gasteiger partial charge in [-0.25, -0.2) is 4.57 Å². The fourth-order valence-corrected chi connectivity index (χ4v) is 7.02. The predicted molar refractivity (Wildman–Crippen MR) is 238 cm³/mol. The lowest BCUT2D eigenvalue weighted by atomic mass is 10.1. The van der Waals surface area contributed by atoms with Crippen molar-refractivity contribution in [3.8, 4) is 0 Å². The van der Waals surface area contributed by atoms with Gasteiger partial charge in [-0.05, 0) is 70.6 Å². The Labute approximate surface area is 346 Å². The van der Waals surface area contributed by atoms with E-state index in [4.69, 9.17) is 18.5 Å². The monoisotopic (exact) mass is 813 g/mol. The van der Waals surface area contributed by atoms with E-state index in [1.54, 1.807) is 0 Å². The molecule has 8 nitrogen and oxygen atoms in total. The normalized spacial score (nSPS) is 14.0. The van der Waals surface area contributed by atoms with Crippen molar-refractivity contribution in [2.24, 2.45) is 0 Å². The van der Waals surface area contributed by atoms with E-state index in [9.17, 15) is 14.3 Å². The molecule has 0 amide bonds. The lowest BCUT2D eigenvalue weighted by Gasteiger charge is -2.24. The first kappa shape index (κ1) is 54.7. The van der Waals surface area contributed by atoms with Crippen LogP contribution in [0.1, 0.15) is 200 Å². The van der Waals surface area contributed by atoms with Crippen molar-refractivity contribution in [1.82, 2.24) is 0 Å². The molecule has 0 aliphatic carbocycles. The van der Waals surface area contributed by atoms with Crippen LogP contribution in [0.2, 0.25) is 0 Å². The fraction of sp³-hybridized carbons (Fsp3) is 0.851. The Bertz CT molecular complexity index is 994. The summed E-state index contributed by atoms with van der Waals surface area (Å²) in [7, 11) is 1.66. The van der Waals surface area contributed by atoms with Crippen LogP contribution in [0.3, 0.4) is 0 Å². The van der Waals surface area contributed by atoms with Gasteiger partial charge in [-0.1, -0.05) is 159 Å². The van der Waals surface area contributed by atoms with Gasteiger partial charge in [0.1, 0.15) is 19.3 Å². The standard InChI is InChI=1S/C47H90NO7P/c1-6-8-10-12-14-16-18-20-22-23-24-25-26-27-29-31-33-35-37-39-42-52-44-46(45-54-56(50,51)53-43-41-48(3,4)5)55-47(49)40-38-36-34-32-30-28-21-19-17-15-13-11-9-7-2/h14,16,19-22,46H,6-13,15,17-18,23-45H2,1-5H3/p+1/b16-14-,21-19-,22-20-. The molecule has 0 aromatic heterocycles. The molecule has 0 heterocycles. The summed E-state index contributed by atoms with van der Waals surface area (Å²) in [6.45, 7) is 5.59. The third-order valence-corrected chi connectivity index (χ3v) is 10.9. The Morgan fingerprint density at radius 3 is 1.50 bits per heavy atom. The molecule has 0 fully saturated rings. The second-order valence-electron chi connectivity index (χ2n) is 16.8. The van der Waals surface area contributed by atoms with Gasteiger partial charge >= 0.3 is 13.8 Å². The van der Waals surface area contributed by atoms with E-state index < -0.39 is 13.9 Å². The van der Waals surface area contributed by atoms with Crippen LogP contribution in [0, 0.1) is 0 Å². The van der Waals surface area contributed by atoms with Crippen molar-refractivity contribution in [1.29, 1.82) is 0 Å². The number of ether oxygens (including phenoxy) is 2. The maximum atomic E-state index is 12.7. The summed E-state index contributed by atoms with van der Waals surface area (Å²) in [6, 6.07) is 0. The molecule has 0 aromatic rings. The predicted octanol–water partition coefficient (Wildman–Crippen LogP) is 13.8. The minimum Gasteiger partial charge on any atom is -0.457 e. The molecule has 0 saturated heterocycles. The highest BCUT2D eigenvalue weighted by atomic mass is 31.2. The number of hydrogen-bond acceptors (Lipinski definition) is 6. The molecule has 0 spiro atoms. The van der Waals surface area contributed by atoms with Crippen LogP contribution in [0.15, 0.2) is 36.5 Å². The van der Waals surface area contributed by atoms with Crippen molar-refractivity contribution in [2.45, 2.75) is 206 Å². The molecular formula is C47H91NO7P+. The average molecular weight is 813 g/mol. The molecule has 0 saturated carbocycles. The molecule has 56 heavy (non-hydrogen) atoms. The summed E-state index contributed by atoms with van der Waals surface area (Å²) in [4.78, 5) is 22.9. The molecule has 0 aliphatic rings. The van der Waals surface area contributed by atoms with Gasteiger partial charge in [0.05, 0.1) is 34.4 Å². The summed E-state index contributed by atoms with van der Waals surface area (Å²) >= 11 is 0. The Hall–Kier alpha value is -1.28. The number of phosphoric ester groups is 1. The minimum atomic E-state index is -4.28. The van der Waals surface area contributed by atoms with Crippen LogP contribution in [0.25, 0.3) is 0 Å². The highest BCUT2D eigenvalue weighted by molar-refractivity contribution is 7.47. The van der Waals surface area contributed by atoms with E-state index in [-0.39, 0.29) is 25.8 Å². The number of nitrogens with zero attached hydrogens (tertiary/aromatic N) is 1. The Morgan fingerprint density at radius 2 is 0.982 bits per heavy atom. The Kier molecular flexibility index (Phi) is 39.6. The topological polar surface area (TPSA) is 91.3 Å². The van der Waals surface area contributed by atoms with Gasteiger partial charge in [-0.3, -0.25) is 13.8 Å². The molecule has 0 rings (SSSR count). The SMILES string of the molecule is CCCCC/C=C\C/C=C\CCCCCCCCCCCCOCC(COP(=O)(O)OCC[N+](C)(C)C)OC(=O)CCCCCCC/C=C\CCCCCCC. The molecule has 330 valence electrons. The van der Waals surface area contributed by atoms with Crippen molar-refractivity contribution >= 4 is 13.8 Å². The van der Waals surface area contributed by atoms with Crippen LogP contribution < -0.4 is 0 Å². The number of phosphoric acid groups is 1. The molecule has 9 heteroatoms. The summed E-state index contributed by atoms with van der Waals surface area (Å²) in [6.07, 6.45) is 47.5. The van der Waals surface area contributed by atoms with Crippen LogP contribution in [0.5, 0.6) is 0 Å². The zero-order valence-corrected chi connectivity index (χ0v) is 38.3. The van der Waals surface area contributed by atoms with E-state index >= 15 is 0 Å². The van der Waals surface area contributed by atoms with Crippen molar-refractivity contribution < 1.29 is 37.3 Å². The number of carbonyl (C=O) groups is 1. The van der Waals surface area contributed by atoms with Crippen LogP contribution in [0.4, 0.5) is 0 Å². The lowest BCUT2D eigenvalue weighted by Crippen LogP contribution is -2.37. The van der Waals surface area contributed by atoms with Gasteiger partial charge in [0.25, 0.3) is 0 Å². The van der Waals surface area contributed by atoms with Crippen LogP contribution in [-0.4, -0.2) is 75.6 Å². The van der Waals surface area contributed by atoms with Gasteiger partial charge in [-0.15, -0.1) is 0 Å². The number of esters is 1. The van der Waals surface area contributed by atoms with Gasteiger partial charge in [0.2, 0.25) is 0 Å². The first-order valence-corrected chi connectivity index (χ1v) is 24.7.